The van der Waals surface area contributed by atoms with Crippen molar-refractivity contribution in [1.29, 1.82) is 0 Å². The van der Waals surface area contributed by atoms with Crippen molar-refractivity contribution in [1.82, 2.24) is 9.97 Å². The summed E-state index contributed by atoms with van der Waals surface area (Å²) in [6.07, 6.45) is -3.06. The van der Waals surface area contributed by atoms with Gasteiger partial charge < -0.3 is 15.5 Å². The van der Waals surface area contributed by atoms with E-state index in [0.29, 0.717) is 25.0 Å². The molecular formula is C21H22F3N5O3. The van der Waals surface area contributed by atoms with Gasteiger partial charge in [-0.15, -0.1) is 0 Å². The van der Waals surface area contributed by atoms with Gasteiger partial charge in [-0.1, -0.05) is 19.1 Å². The Morgan fingerprint density at radius 2 is 2.00 bits per heavy atom. The number of H-pyrrole nitrogens is 1. The molecule has 2 aliphatic heterocycles. The number of hydrogen-bond donors (Lipinski definition) is 3. The van der Waals surface area contributed by atoms with Gasteiger partial charge in [-0.2, -0.15) is 18.2 Å². The van der Waals surface area contributed by atoms with E-state index in [0.717, 1.165) is 25.0 Å². The smallest absolute Gasteiger partial charge is 0.342 e. The molecule has 1 aromatic carbocycles. The van der Waals surface area contributed by atoms with E-state index in [1.54, 1.807) is 0 Å². The lowest BCUT2D eigenvalue weighted by molar-refractivity contribution is -0.137. The van der Waals surface area contributed by atoms with Gasteiger partial charge in [0, 0.05) is 19.5 Å². The first-order chi connectivity index (χ1) is 15.1. The Morgan fingerprint density at radius 1 is 1.25 bits per heavy atom. The highest BCUT2D eigenvalue weighted by atomic mass is 19.4. The van der Waals surface area contributed by atoms with E-state index in [1.165, 1.54) is 12.1 Å². The molecule has 1 fully saturated rings. The molecule has 11 heteroatoms. The number of nitrogens with zero attached hydrogens (tertiary/aromatic N) is 2. The number of hydrogen-bond acceptors (Lipinski definition) is 5. The lowest BCUT2D eigenvalue weighted by Gasteiger charge is -2.32. The summed E-state index contributed by atoms with van der Waals surface area (Å²) in [5, 5.41) is 4.75. The number of halogens is 3. The van der Waals surface area contributed by atoms with Gasteiger partial charge >= 0.3 is 6.18 Å². The number of alkyl halides is 3. The summed E-state index contributed by atoms with van der Waals surface area (Å²) < 4.78 is 39.8. The molecule has 3 heterocycles. The van der Waals surface area contributed by atoms with Crippen LogP contribution >= 0.6 is 0 Å². The average molecular weight is 449 g/mol. The SMILES string of the molecule is C[C@@H]1CCCN(c2nc3c(c(=O)[nH]2)[C@@H](C(=O)Nc2ccccc2C(F)(F)F)CC(=O)N3)C1. The predicted octanol–water partition coefficient (Wildman–Crippen LogP) is 3.09. The Labute approximate surface area is 181 Å². The fourth-order valence-corrected chi connectivity index (χ4v) is 4.17. The zero-order chi connectivity index (χ0) is 23.0. The highest BCUT2D eigenvalue weighted by Gasteiger charge is 2.38. The molecule has 0 unspecified atom stereocenters. The highest BCUT2D eigenvalue weighted by molar-refractivity contribution is 6.04. The molecule has 0 bridgehead atoms. The number of aromatic nitrogens is 2. The van der Waals surface area contributed by atoms with Crippen LogP contribution in [0.3, 0.4) is 0 Å². The van der Waals surface area contributed by atoms with Gasteiger partial charge in [-0.05, 0) is 30.9 Å². The van der Waals surface area contributed by atoms with E-state index in [4.69, 9.17) is 0 Å². The van der Waals surface area contributed by atoms with E-state index in [2.05, 4.69) is 27.5 Å². The highest BCUT2D eigenvalue weighted by Crippen LogP contribution is 2.36. The van der Waals surface area contributed by atoms with Crippen molar-refractivity contribution < 1.29 is 22.8 Å². The van der Waals surface area contributed by atoms with Crippen LogP contribution in [0.25, 0.3) is 0 Å². The minimum Gasteiger partial charge on any atom is -0.342 e. The molecule has 0 aliphatic carbocycles. The van der Waals surface area contributed by atoms with Gasteiger partial charge in [-0.3, -0.25) is 19.4 Å². The van der Waals surface area contributed by atoms with Gasteiger partial charge in [0.25, 0.3) is 5.56 Å². The van der Waals surface area contributed by atoms with Crippen molar-refractivity contribution in [3.05, 3.63) is 45.7 Å². The second-order valence-corrected chi connectivity index (χ2v) is 8.18. The Morgan fingerprint density at radius 3 is 2.72 bits per heavy atom. The summed E-state index contributed by atoms with van der Waals surface area (Å²) in [6.45, 7) is 3.47. The van der Waals surface area contributed by atoms with Crippen LogP contribution in [-0.4, -0.2) is 34.9 Å². The van der Waals surface area contributed by atoms with Crippen molar-refractivity contribution in [3.63, 3.8) is 0 Å². The summed E-state index contributed by atoms with van der Waals surface area (Å²) >= 11 is 0. The topological polar surface area (TPSA) is 107 Å². The van der Waals surface area contributed by atoms with Crippen LogP contribution in [0.1, 0.15) is 43.2 Å². The number of anilines is 3. The fourth-order valence-electron chi connectivity index (χ4n) is 4.17. The van der Waals surface area contributed by atoms with Crippen molar-refractivity contribution in [2.24, 2.45) is 5.92 Å². The largest absolute Gasteiger partial charge is 0.418 e. The zero-order valence-electron chi connectivity index (χ0n) is 17.3. The molecular weight excluding hydrogens is 427 g/mol. The molecule has 0 saturated carbocycles. The standard InChI is InChI=1S/C21H22F3N5O3/c1-11-5-4-8-29(10-11)20-27-17-16(19(32)28-20)12(9-15(30)26-17)18(31)25-14-7-3-2-6-13(14)21(22,23)24/h2-3,6-7,11-12H,4-5,8-10H2,1H3,(H,25,31)(H2,26,27,28,30,32)/t11-,12+/m1/s1. The first-order valence-electron chi connectivity index (χ1n) is 10.3. The monoisotopic (exact) mass is 449 g/mol. The molecule has 1 saturated heterocycles. The van der Waals surface area contributed by atoms with Crippen molar-refractivity contribution in [2.45, 2.75) is 38.3 Å². The van der Waals surface area contributed by atoms with Gasteiger partial charge in [-0.25, -0.2) is 0 Å². The predicted molar refractivity (Wildman–Crippen MR) is 112 cm³/mol. The number of aromatic amines is 1. The normalized spacial score (nSPS) is 21.0. The van der Waals surface area contributed by atoms with Crippen LogP contribution in [0.4, 0.5) is 30.6 Å². The minimum absolute atomic E-state index is 0.0394. The molecule has 8 nitrogen and oxygen atoms in total. The molecule has 2 aromatic rings. The number of nitrogens with one attached hydrogen (secondary N) is 3. The van der Waals surface area contributed by atoms with Crippen LogP contribution in [0.2, 0.25) is 0 Å². The number of carbonyl (C=O) groups excluding carboxylic acids is 2. The second kappa shape index (κ2) is 8.29. The molecule has 3 N–H and O–H groups in total. The summed E-state index contributed by atoms with van der Waals surface area (Å²) in [7, 11) is 0. The number of rotatable bonds is 3. The second-order valence-electron chi connectivity index (χ2n) is 8.18. The van der Waals surface area contributed by atoms with Gasteiger partial charge in [0.05, 0.1) is 22.7 Å². The van der Waals surface area contributed by atoms with E-state index in [-0.39, 0.29) is 17.8 Å². The number of piperidine rings is 1. The minimum atomic E-state index is -4.68. The van der Waals surface area contributed by atoms with Crippen molar-refractivity contribution in [3.8, 4) is 0 Å². The average Bonchev–Trinajstić information content (AvgIpc) is 2.72. The molecule has 2 atom stereocenters. The molecule has 32 heavy (non-hydrogen) atoms. The summed E-state index contributed by atoms with van der Waals surface area (Å²) in [6, 6.07) is 4.52. The summed E-state index contributed by atoms with van der Waals surface area (Å²) in [4.78, 5) is 46.9. The maximum absolute atomic E-state index is 13.3. The van der Waals surface area contributed by atoms with E-state index < -0.39 is 40.7 Å². The zero-order valence-corrected chi connectivity index (χ0v) is 17.3. The third kappa shape index (κ3) is 4.32. The number of amides is 2. The molecule has 0 radical (unpaired) electrons. The van der Waals surface area contributed by atoms with Crippen LogP contribution in [0, 0.1) is 5.92 Å². The number of benzene rings is 1. The van der Waals surface area contributed by atoms with E-state index in [1.807, 2.05) is 4.90 Å². The summed E-state index contributed by atoms with van der Waals surface area (Å²) in [5.74, 6) is -2.04. The molecule has 170 valence electrons. The van der Waals surface area contributed by atoms with E-state index in [9.17, 15) is 27.6 Å². The quantitative estimate of drug-likeness (QED) is 0.668. The molecule has 4 rings (SSSR count). The third-order valence-electron chi connectivity index (χ3n) is 5.70. The lowest BCUT2D eigenvalue weighted by Crippen LogP contribution is -2.40. The number of fused-ring (bicyclic) bond motifs is 1. The molecule has 2 aliphatic rings. The molecule has 1 aromatic heterocycles. The van der Waals surface area contributed by atoms with Gasteiger partial charge in [0.2, 0.25) is 17.8 Å². The maximum atomic E-state index is 13.3. The van der Waals surface area contributed by atoms with Crippen molar-refractivity contribution >= 4 is 29.3 Å². The van der Waals surface area contributed by atoms with Gasteiger partial charge in [0.1, 0.15) is 5.82 Å². The molecule has 2 amide bonds. The third-order valence-corrected chi connectivity index (χ3v) is 5.70. The maximum Gasteiger partial charge on any atom is 0.418 e. The van der Waals surface area contributed by atoms with Crippen molar-refractivity contribution in [2.75, 3.05) is 28.6 Å². The number of para-hydroxylation sites is 1. The fraction of sp³-hybridized carbons (Fsp3) is 0.429. The van der Waals surface area contributed by atoms with Crippen LogP contribution in [0.5, 0.6) is 0 Å². The van der Waals surface area contributed by atoms with Crippen LogP contribution in [-0.2, 0) is 15.8 Å². The Bertz CT molecular complexity index is 1110. The van der Waals surface area contributed by atoms with Gasteiger partial charge in [0.15, 0.2) is 0 Å². The Hall–Kier alpha value is -3.37. The first-order valence-corrected chi connectivity index (χ1v) is 10.3. The van der Waals surface area contributed by atoms with Crippen LogP contribution in [0.15, 0.2) is 29.1 Å². The van der Waals surface area contributed by atoms with E-state index >= 15 is 0 Å². The Kier molecular flexibility index (Phi) is 5.66. The summed E-state index contributed by atoms with van der Waals surface area (Å²) in [5.41, 5.74) is -2.14. The van der Waals surface area contributed by atoms with Crippen LogP contribution < -0.4 is 21.1 Å². The first kappa shape index (κ1) is 21.8. The lowest BCUT2D eigenvalue weighted by atomic mass is 9.92. The Balaban J connectivity index is 1.66. The number of carbonyl (C=O) groups is 2. The molecule has 0 spiro atoms.